The van der Waals surface area contributed by atoms with E-state index < -0.39 is 12.0 Å². The smallest absolute Gasteiger partial charge is 0.311 e. The Labute approximate surface area is 73.7 Å². The maximum Gasteiger partial charge on any atom is 0.311 e. The van der Waals surface area contributed by atoms with Crippen molar-refractivity contribution in [2.45, 2.75) is 33.3 Å². The first-order valence-electron chi connectivity index (χ1n) is 4.25. The van der Waals surface area contributed by atoms with Gasteiger partial charge in [-0.15, -0.1) is 0 Å². The number of rotatable bonds is 4. The minimum atomic E-state index is -0.586. The summed E-state index contributed by atoms with van der Waals surface area (Å²) in [6.07, 6.45) is 0.0495. The standard InChI is InChI=1S/C9H18O3/c1-6(2)5-8(10)7(3)9(11)12-4/h6-8,10H,5H2,1-4H3/t7-,8-/m1/s1. The van der Waals surface area contributed by atoms with E-state index in [1.54, 1.807) is 6.92 Å². The molecule has 0 aromatic heterocycles. The Morgan fingerprint density at radius 1 is 1.42 bits per heavy atom. The van der Waals surface area contributed by atoms with Crippen molar-refractivity contribution >= 4 is 5.97 Å². The van der Waals surface area contributed by atoms with Crippen LogP contribution in [0.15, 0.2) is 0 Å². The van der Waals surface area contributed by atoms with Gasteiger partial charge in [0.2, 0.25) is 0 Å². The van der Waals surface area contributed by atoms with Gasteiger partial charge in [-0.3, -0.25) is 4.79 Å². The van der Waals surface area contributed by atoms with E-state index >= 15 is 0 Å². The van der Waals surface area contributed by atoms with Gasteiger partial charge in [0.05, 0.1) is 19.1 Å². The lowest BCUT2D eigenvalue weighted by Crippen LogP contribution is -2.27. The van der Waals surface area contributed by atoms with Crippen LogP contribution in [0.4, 0.5) is 0 Å². The van der Waals surface area contributed by atoms with Crippen molar-refractivity contribution in [3.8, 4) is 0 Å². The van der Waals surface area contributed by atoms with Gasteiger partial charge >= 0.3 is 5.97 Å². The van der Waals surface area contributed by atoms with E-state index in [1.165, 1.54) is 7.11 Å². The highest BCUT2D eigenvalue weighted by Crippen LogP contribution is 2.13. The zero-order chi connectivity index (χ0) is 9.72. The molecular formula is C9H18O3. The van der Waals surface area contributed by atoms with Crippen molar-refractivity contribution in [1.29, 1.82) is 0 Å². The third-order valence-corrected chi connectivity index (χ3v) is 1.86. The maximum atomic E-state index is 11.0. The Bertz CT molecular complexity index is 143. The molecule has 72 valence electrons. The quantitative estimate of drug-likeness (QED) is 0.651. The van der Waals surface area contributed by atoms with Crippen LogP contribution in [-0.2, 0) is 9.53 Å². The molecule has 0 bridgehead atoms. The molecule has 0 aromatic carbocycles. The first-order chi connectivity index (χ1) is 5.49. The summed E-state index contributed by atoms with van der Waals surface area (Å²) in [6, 6.07) is 0. The summed E-state index contributed by atoms with van der Waals surface area (Å²) in [5.41, 5.74) is 0. The molecule has 0 aliphatic rings. The number of aliphatic hydroxyl groups excluding tert-OH is 1. The maximum absolute atomic E-state index is 11.0. The SMILES string of the molecule is COC(=O)[C@H](C)[C@H](O)CC(C)C. The van der Waals surface area contributed by atoms with E-state index in [4.69, 9.17) is 0 Å². The van der Waals surface area contributed by atoms with Gasteiger partial charge in [-0.25, -0.2) is 0 Å². The summed E-state index contributed by atoms with van der Waals surface area (Å²) in [5.74, 6) is -0.368. The fraction of sp³-hybridized carbons (Fsp3) is 0.889. The number of ether oxygens (including phenoxy) is 1. The molecule has 3 heteroatoms. The first kappa shape index (κ1) is 11.4. The molecule has 0 saturated carbocycles. The predicted octanol–water partition coefficient (Wildman–Crippen LogP) is 1.20. The summed E-state index contributed by atoms with van der Waals surface area (Å²) in [7, 11) is 1.33. The molecule has 0 aliphatic heterocycles. The highest BCUT2D eigenvalue weighted by Gasteiger charge is 2.22. The molecule has 2 atom stereocenters. The average Bonchev–Trinajstić information content (AvgIpc) is 2.00. The van der Waals surface area contributed by atoms with Gasteiger partial charge in [0, 0.05) is 0 Å². The number of carbonyl (C=O) groups is 1. The van der Waals surface area contributed by atoms with Gasteiger partial charge in [0.25, 0.3) is 0 Å². The van der Waals surface area contributed by atoms with Crippen molar-refractivity contribution in [2.75, 3.05) is 7.11 Å². The van der Waals surface area contributed by atoms with E-state index in [9.17, 15) is 9.90 Å². The Balaban J connectivity index is 3.91. The minimum absolute atomic E-state index is 0.344. The van der Waals surface area contributed by atoms with E-state index in [2.05, 4.69) is 4.74 Å². The lowest BCUT2D eigenvalue weighted by Gasteiger charge is -2.17. The zero-order valence-electron chi connectivity index (χ0n) is 8.20. The molecule has 1 N–H and O–H groups in total. The van der Waals surface area contributed by atoms with Crippen LogP contribution in [0.2, 0.25) is 0 Å². The van der Waals surface area contributed by atoms with Gasteiger partial charge in [-0.05, 0) is 19.3 Å². The summed E-state index contributed by atoms with van der Waals surface area (Å²) in [4.78, 5) is 11.0. The van der Waals surface area contributed by atoms with Gasteiger partial charge in [-0.2, -0.15) is 0 Å². The van der Waals surface area contributed by atoms with Crippen molar-refractivity contribution in [1.82, 2.24) is 0 Å². The second kappa shape index (κ2) is 5.14. The topological polar surface area (TPSA) is 46.5 Å². The van der Waals surface area contributed by atoms with Crippen LogP contribution in [0.25, 0.3) is 0 Å². The molecule has 3 nitrogen and oxygen atoms in total. The number of carbonyl (C=O) groups excluding carboxylic acids is 1. The third-order valence-electron chi connectivity index (χ3n) is 1.86. The number of methoxy groups -OCH3 is 1. The number of hydrogen-bond acceptors (Lipinski definition) is 3. The second-order valence-corrected chi connectivity index (χ2v) is 3.51. The normalized spacial score (nSPS) is 15.8. The molecule has 0 fully saturated rings. The molecule has 0 saturated heterocycles. The van der Waals surface area contributed by atoms with Gasteiger partial charge in [0.15, 0.2) is 0 Å². The average molecular weight is 174 g/mol. The monoisotopic (exact) mass is 174 g/mol. The van der Waals surface area contributed by atoms with Crippen molar-refractivity contribution in [2.24, 2.45) is 11.8 Å². The molecular weight excluding hydrogens is 156 g/mol. The van der Waals surface area contributed by atoms with Crippen LogP contribution in [0, 0.1) is 11.8 Å². The molecule has 0 aromatic rings. The Morgan fingerprint density at radius 3 is 2.25 bits per heavy atom. The van der Waals surface area contributed by atoms with Crippen LogP contribution in [0.3, 0.4) is 0 Å². The summed E-state index contributed by atoms with van der Waals surface area (Å²) < 4.78 is 4.52. The highest BCUT2D eigenvalue weighted by molar-refractivity contribution is 5.72. The molecule has 0 radical (unpaired) electrons. The number of esters is 1. The fourth-order valence-electron chi connectivity index (χ4n) is 1.03. The lowest BCUT2D eigenvalue weighted by molar-refractivity contribution is -0.148. The van der Waals surface area contributed by atoms with Crippen LogP contribution in [-0.4, -0.2) is 24.3 Å². The largest absolute Gasteiger partial charge is 0.469 e. The van der Waals surface area contributed by atoms with Gasteiger partial charge in [-0.1, -0.05) is 13.8 Å². The summed E-state index contributed by atoms with van der Waals surface area (Å²) >= 11 is 0. The molecule has 0 amide bonds. The van der Waals surface area contributed by atoms with E-state index in [-0.39, 0.29) is 5.97 Å². The van der Waals surface area contributed by atoms with E-state index in [1.807, 2.05) is 13.8 Å². The lowest BCUT2D eigenvalue weighted by atomic mass is 9.96. The number of hydrogen-bond donors (Lipinski definition) is 1. The van der Waals surface area contributed by atoms with Crippen LogP contribution in [0.1, 0.15) is 27.2 Å². The Hall–Kier alpha value is -0.570. The minimum Gasteiger partial charge on any atom is -0.469 e. The summed E-state index contributed by atoms with van der Waals surface area (Å²) in [5, 5.41) is 9.49. The van der Waals surface area contributed by atoms with Crippen molar-refractivity contribution < 1.29 is 14.6 Å². The number of aliphatic hydroxyl groups is 1. The van der Waals surface area contributed by atoms with Crippen LogP contribution in [0.5, 0.6) is 0 Å². The Kier molecular flexibility index (Phi) is 4.90. The zero-order valence-corrected chi connectivity index (χ0v) is 8.20. The van der Waals surface area contributed by atoms with Crippen LogP contribution < -0.4 is 0 Å². The van der Waals surface area contributed by atoms with E-state index in [0.717, 1.165) is 0 Å². The predicted molar refractivity (Wildman–Crippen MR) is 46.6 cm³/mol. The highest BCUT2D eigenvalue weighted by atomic mass is 16.5. The molecule has 0 spiro atoms. The molecule has 12 heavy (non-hydrogen) atoms. The molecule has 0 rings (SSSR count). The van der Waals surface area contributed by atoms with Gasteiger partial charge in [0.1, 0.15) is 0 Å². The molecule has 0 unspecified atom stereocenters. The summed E-state index contributed by atoms with van der Waals surface area (Å²) in [6.45, 7) is 5.69. The third kappa shape index (κ3) is 3.72. The van der Waals surface area contributed by atoms with Crippen molar-refractivity contribution in [3.05, 3.63) is 0 Å². The first-order valence-corrected chi connectivity index (χ1v) is 4.25. The van der Waals surface area contributed by atoms with E-state index in [0.29, 0.717) is 12.3 Å². The van der Waals surface area contributed by atoms with Crippen LogP contribution >= 0.6 is 0 Å². The second-order valence-electron chi connectivity index (χ2n) is 3.51. The van der Waals surface area contributed by atoms with Crippen molar-refractivity contribution in [3.63, 3.8) is 0 Å². The van der Waals surface area contributed by atoms with Gasteiger partial charge < -0.3 is 9.84 Å². The fourth-order valence-corrected chi connectivity index (χ4v) is 1.03. The Morgan fingerprint density at radius 2 is 1.92 bits per heavy atom. The molecule has 0 heterocycles. The molecule has 0 aliphatic carbocycles.